The lowest BCUT2D eigenvalue weighted by molar-refractivity contribution is -0.00536. The van der Waals surface area contributed by atoms with Crippen molar-refractivity contribution in [1.82, 2.24) is 0 Å². The third kappa shape index (κ3) is 3.30. The van der Waals surface area contributed by atoms with Gasteiger partial charge in [-0.2, -0.15) is 0 Å². The van der Waals surface area contributed by atoms with E-state index in [-0.39, 0.29) is 6.04 Å². The van der Waals surface area contributed by atoms with Crippen molar-refractivity contribution in [3.05, 3.63) is 36.1 Å². The number of para-hydroxylation sites is 1. The second kappa shape index (κ2) is 6.20. The van der Waals surface area contributed by atoms with Crippen LogP contribution in [0.15, 0.2) is 34.7 Å². The number of furan rings is 1. The van der Waals surface area contributed by atoms with E-state index in [1.165, 1.54) is 6.42 Å². The van der Waals surface area contributed by atoms with E-state index < -0.39 is 0 Å². The van der Waals surface area contributed by atoms with Crippen LogP contribution in [0, 0.1) is 11.8 Å². The number of hydrogen-bond donors (Lipinski definition) is 1. The molecule has 0 bridgehead atoms. The average Bonchev–Trinajstić information content (AvgIpc) is 2.92. The summed E-state index contributed by atoms with van der Waals surface area (Å²) < 4.78 is 11.8. The zero-order chi connectivity index (χ0) is 14.8. The molecule has 0 spiro atoms. The summed E-state index contributed by atoms with van der Waals surface area (Å²) in [7, 11) is 0. The Bertz CT molecular complexity index is 559. The summed E-state index contributed by atoms with van der Waals surface area (Å²) in [5.41, 5.74) is 7.11. The first-order chi connectivity index (χ1) is 10.1. The van der Waals surface area contributed by atoms with Crippen LogP contribution in [-0.2, 0) is 4.74 Å². The molecular weight excluding hydrogens is 262 g/mol. The molecule has 0 radical (unpaired) electrons. The molecule has 1 aromatic heterocycles. The molecule has 0 aliphatic heterocycles. The lowest BCUT2D eigenvalue weighted by Crippen LogP contribution is -2.29. The number of rotatable bonds is 4. The Balaban J connectivity index is 1.57. The van der Waals surface area contributed by atoms with Gasteiger partial charge in [0, 0.05) is 5.39 Å². The molecule has 0 amide bonds. The Hall–Kier alpha value is -1.32. The predicted molar refractivity (Wildman–Crippen MR) is 85.1 cm³/mol. The first-order valence-electron chi connectivity index (χ1n) is 7.99. The lowest BCUT2D eigenvalue weighted by atomic mass is 9.80. The molecule has 4 unspecified atom stereocenters. The van der Waals surface area contributed by atoms with E-state index in [2.05, 4.69) is 13.8 Å². The molecule has 4 atom stereocenters. The van der Waals surface area contributed by atoms with Crippen molar-refractivity contribution in [2.24, 2.45) is 17.6 Å². The van der Waals surface area contributed by atoms with Crippen molar-refractivity contribution in [2.45, 2.75) is 45.3 Å². The topological polar surface area (TPSA) is 48.4 Å². The van der Waals surface area contributed by atoms with Gasteiger partial charge in [-0.3, -0.25) is 0 Å². The monoisotopic (exact) mass is 287 g/mol. The molecule has 3 heteroatoms. The first-order valence-corrected chi connectivity index (χ1v) is 7.99. The van der Waals surface area contributed by atoms with Crippen molar-refractivity contribution < 1.29 is 9.15 Å². The number of benzene rings is 1. The molecule has 0 saturated heterocycles. The van der Waals surface area contributed by atoms with Crippen molar-refractivity contribution in [3.63, 3.8) is 0 Å². The predicted octanol–water partition coefficient (Wildman–Crippen LogP) is 4.27. The van der Waals surface area contributed by atoms with Crippen molar-refractivity contribution in [3.8, 4) is 0 Å². The standard InChI is InChI=1S/C18H25NO2/c1-12-7-8-15(9-13(12)2)20-11-16(19)18-10-14-5-3-4-6-17(14)21-18/h3-6,10,12-13,15-16H,7-9,11,19H2,1-2H3. The molecule has 1 saturated carbocycles. The van der Waals surface area contributed by atoms with Gasteiger partial charge in [-0.15, -0.1) is 0 Å². The van der Waals surface area contributed by atoms with Gasteiger partial charge in [0.25, 0.3) is 0 Å². The summed E-state index contributed by atoms with van der Waals surface area (Å²) in [5.74, 6) is 2.37. The highest BCUT2D eigenvalue weighted by Crippen LogP contribution is 2.31. The molecular formula is C18H25NO2. The molecule has 2 N–H and O–H groups in total. The molecule has 2 aromatic rings. The Morgan fingerprint density at radius 3 is 2.81 bits per heavy atom. The minimum Gasteiger partial charge on any atom is -0.459 e. The van der Waals surface area contributed by atoms with Crippen LogP contribution in [0.4, 0.5) is 0 Å². The summed E-state index contributed by atoms with van der Waals surface area (Å²) in [6.07, 6.45) is 3.91. The van der Waals surface area contributed by atoms with Crippen molar-refractivity contribution in [1.29, 1.82) is 0 Å². The molecule has 3 rings (SSSR count). The van der Waals surface area contributed by atoms with E-state index in [0.717, 1.165) is 41.4 Å². The van der Waals surface area contributed by atoms with Crippen LogP contribution in [0.1, 0.15) is 44.9 Å². The summed E-state index contributed by atoms with van der Waals surface area (Å²) in [5, 5.41) is 1.10. The Morgan fingerprint density at radius 2 is 2.05 bits per heavy atom. The number of nitrogens with two attached hydrogens (primary N) is 1. The first kappa shape index (κ1) is 14.6. The Labute approximate surface area is 126 Å². The summed E-state index contributed by atoms with van der Waals surface area (Å²) in [4.78, 5) is 0. The summed E-state index contributed by atoms with van der Waals surface area (Å²) >= 11 is 0. The lowest BCUT2D eigenvalue weighted by Gasteiger charge is -2.32. The van der Waals surface area contributed by atoms with Crippen molar-refractivity contribution in [2.75, 3.05) is 6.61 Å². The molecule has 1 aliphatic carbocycles. The Morgan fingerprint density at radius 1 is 1.24 bits per heavy atom. The summed E-state index contributed by atoms with van der Waals surface area (Å²) in [6, 6.07) is 9.83. The number of ether oxygens (including phenoxy) is 1. The van der Waals surface area contributed by atoms with Crippen LogP contribution < -0.4 is 5.73 Å². The van der Waals surface area contributed by atoms with E-state index in [1.807, 2.05) is 30.3 Å². The van der Waals surface area contributed by atoms with E-state index in [4.69, 9.17) is 14.9 Å². The van der Waals surface area contributed by atoms with Gasteiger partial charge in [-0.05, 0) is 43.2 Å². The van der Waals surface area contributed by atoms with Crippen LogP contribution >= 0.6 is 0 Å². The fraction of sp³-hybridized carbons (Fsp3) is 0.556. The molecule has 21 heavy (non-hydrogen) atoms. The highest BCUT2D eigenvalue weighted by atomic mass is 16.5. The second-order valence-corrected chi connectivity index (χ2v) is 6.52. The minimum atomic E-state index is -0.188. The highest BCUT2D eigenvalue weighted by Gasteiger charge is 2.25. The highest BCUT2D eigenvalue weighted by molar-refractivity contribution is 5.77. The van der Waals surface area contributed by atoms with Gasteiger partial charge in [-0.25, -0.2) is 0 Å². The number of fused-ring (bicyclic) bond motifs is 1. The van der Waals surface area contributed by atoms with Crippen LogP contribution in [-0.4, -0.2) is 12.7 Å². The van der Waals surface area contributed by atoms with Crippen LogP contribution in [0.5, 0.6) is 0 Å². The van der Waals surface area contributed by atoms with Gasteiger partial charge in [-0.1, -0.05) is 32.0 Å². The van der Waals surface area contributed by atoms with Crippen LogP contribution in [0.3, 0.4) is 0 Å². The van der Waals surface area contributed by atoms with Gasteiger partial charge >= 0.3 is 0 Å². The SMILES string of the molecule is CC1CCC(OCC(N)c2cc3ccccc3o2)CC1C. The van der Waals surface area contributed by atoms with Gasteiger partial charge in [0.15, 0.2) is 0 Å². The third-order valence-electron chi connectivity index (χ3n) is 4.87. The van der Waals surface area contributed by atoms with Crippen LogP contribution in [0.2, 0.25) is 0 Å². The quantitative estimate of drug-likeness (QED) is 0.913. The van der Waals surface area contributed by atoms with Gasteiger partial charge in [0.1, 0.15) is 11.3 Å². The molecule has 1 fully saturated rings. The van der Waals surface area contributed by atoms with E-state index in [9.17, 15) is 0 Å². The fourth-order valence-corrected chi connectivity index (χ4v) is 3.16. The maximum Gasteiger partial charge on any atom is 0.134 e. The van der Waals surface area contributed by atoms with Gasteiger partial charge in [0.2, 0.25) is 0 Å². The van der Waals surface area contributed by atoms with E-state index >= 15 is 0 Å². The number of hydrogen-bond acceptors (Lipinski definition) is 3. The molecule has 1 aromatic carbocycles. The average molecular weight is 287 g/mol. The van der Waals surface area contributed by atoms with Gasteiger partial charge < -0.3 is 14.9 Å². The Kier molecular flexibility index (Phi) is 4.32. The fourth-order valence-electron chi connectivity index (χ4n) is 3.16. The molecule has 1 heterocycles. The summed E-state index contributed by atoms with van der Waals surface area (Å²) in [6.45, 7) is 5.19. The van der Waals surface area contributed by atoms with Gasteiger partial charge in [0.05, 0.1) is 18.8 Å². The normalized spacial score (nSPS) is 27.9. The van der Waals surface area contributed by atoms with E-state index in [1.54, 1.807) is 0 Å². The minimum absolute atomic E-state index is 0.188. The second-order valence-electron chi connectivity index (χ2n) is 6.52. The smallest absolute Gasteiger partial charge is 0.134 e. The third-order valence-corrected chi connectivity index (χ3v) is 4.87. The van der Waals surface area contributed by atoms with E-state index in [0.29, 0.717) is 12.7 Å². The van der Waals surface area contributed by atoms with Crippen LogP contribution in [0.25, 0.3) is 11.0 Å². The zero-order valence-electron chi connectivity index (χ0n) is 12.9. The zero-order valence-corrected chi connectivity index (χ0v) is 12.9. The molecule has 114 valence electrons. The molecule has 3 nitrogen and oxygen atoms in total. The van der Waals surface area contributed by atoms with Crippen molar-refractivity contribution >= 4 is 11.0 Å². The maximum absolute atomic E-state index is 6.22. The maximum atomic E-state index is 6.22. The molecule has 1 aliphatic rings. The largest absolute Gasteiger partial charge is 0.459 e.